The number of thiophene rings is 1. The van der Waals surface area contributed by atoms with E-state index < -0.39 is 10.0 Å². The highest BCUT2D eigenvalue weighted by Gasteiger charge is 2.30. The molecule has 0 amide bonds. The van der Waals surface area contributed by atoms with Gasteiger partial charge in [-0.1, -0.05) is 19.1 Å². The fraction of sp³-hybridized carbons (Fsp3) is 0.444. The molecule has 3 rings (SSSR count). The van der Waals surface area contributed by atoms with Gasteiger partial charge < -0.3 is 9.64 Å². The van der Waals surface area contributed by atoms with Crippen LogP contribution in [-0.2, 0) is 14.8 Å². The van der Waals surface area contributed by atoms with Crippen molar-refractivity contribution in [1.82, 2.24) is 4.31 Å². The van der Waals surface area contributed by atoms with Crippen LogP contribution >= 0.6 is 11.3 Å². The number of sulfonamides is 1. The van der Waals surface area contributed by atoms with Gasteiger partial charge in [-0.25, -0.2) is 12.8 Å². The number of morpholine rings is 1. The Bertz CT molecular complexity index is 830. The third-order valence-electron chi connectivity index (χ3n) is 4.55. The van der Waals surface area contributed by atoms with Gasteiger partial charge in [0, 0.05) is 25.7 Å². The molecule has 0 spiro atoms. The molecule has 0 unspecified atom stereocenters. The zero-order valence-electron chi connectivity index (χ0n) is 14.9. The standard InChI is InChI=1S/C18H23FN2O3S2/c1-3-21(14(2)15-4-6-16(19)7-5-15)26(22,23)18-9-8-17(25-18)20-10-12-24-13-11-20/h4-9,14H,3,10-13H2,1-2H3/t14-/m1/s1. The number of hydrogen-bond acceptors (Lipinski definition) is 5. The Morgan fingerprint density at radius 2 is 1.85 bits per heavy atom. The molecule has 0 radical (unpaired) electrons. The Morgan fingerprint density at radius 3 is 2.46 bits per heavy atom. The lowest BCUT2D eigenvalue weighted by atomic mass is 10.1. The predicted octanol–water partition coefficient (Wildman–Crippen LogP) is 3.50. The number of benzene rings is 1. The zero-order valence-corrected chi connectivity index (χ0v) is 16.5. The number of nitrogens with zero attached hydrogens (tertiary/aromatic N) is 2. The summed E-state index contributed by atoms with van der Waals surface area (Å²) in [4.78, 5) is 2.15. The highest BCUT2D eigenvalue weighted by atomic mass is 32.2. The Labute approximate surface area is 158 Å². The van der Waals surface area contributed by atoms with Crippen LogP contribution in [0.2, 0.25) is 0 Å². The number of hydrogen-bond donors (Lipinski definition) is 0. The summed E-state index contributed by atoms with van der Waals surface area (Å²) in [6.45, 7) is 6.82. The highest BCUT2D eigenvalue weighted by molar-refractivity contribution is 7.91. The Kier molecular flexibility index (Phi) is 5.96. The van der Waals surface area contributed by atoms with Gasteiger partial charge in [-0.3, -0.25) is 0 Å². The van der Waals surface area contributed by atoms with Crippen LogP contribution in [0.4, 0.5) is 9.39 Å². The van der Waals surface area contributed by atoms with E-state index in [1.165, 1.54) is 27.8 Å². The molecule has 1 aliphatic heterocycles. The van der Waals surface area contributed by atoms with E-state index in [9.17, 15) is 12.8 Å². The first-order valence-electron chi connectivity index (χ1n) is 8.63. The van der Waals surface area contributed by atoms with Gasteiger partial charge in [0.25, 0.3) is 10.0 Å². The van der Waals surface area contributed by atoms with Crippen LogP contribution < -0.4 is 4.90 Å². The molecular formula is C18H23FN2O3S2. The third-order valence-corrected chi connectivity index (χ3v) is 8.21. The summed E-state index contributed by atoms with van der Waals surface area (Å²) in [5.41, 5.74) is 0.766. The molecule has 1 atom stereocenters. The lowest BCUT2D eigenvalue weighted by Crippen LogP contribution is -2.35. The number of halogens is 1. The van der Waals surface area contributed by atoms with Crippen LogP contribution in [0.1, 0.15) is 25.5 Å². The zero-order chi connectivity index (χ0) is 18.7. The molecule has 1 fully saturated rings. The predicted molar refractivity (Wildman–Crippen MR) is 102 cm³/mol. The first kappa shape index (κ1) is 19.3. The van der Waals surface area contributed by atoms with Crippen molar-refractivity contribution in [3.8, 4) is 0 Å². The summed E-state index contributed by atoms with van der Waals surface area (Å²) < 4.78 is 46.6. The maximum absolute atomic E-state index is 13.2. The van der Waals surface area contributed by atoms with Crippen LogP contribution in [0.15, 0.2) is 40.6 Å². The second kappa shape index (κ2) is 8.04. The van der Waals surface area contributed by atoms with Crippen molar-refractivity contribution in [1.29, 1.82) is 0 Å². The first-order chi connectivity index (χ1) is 12.4. The molecule has 2 aromatic rings. The minimum atomic E-state index is -3.63. The maximum Gasteiger partial charge on any atom is 0.253 e. The van der Waals surface area contributed by atoms with Crippen LogP contribution in [0, 0.1) is 5.82 Å². The van der Waals surface area contributed by atoms with E-state index in [2.05, 4.69) is 4.90 Å². The highest BCUT2D eigenvalue weighted by Crippen LogP contribution is 2.34. The summed E-state index contributed by atoms with van der Waals surface area (Å²) in [5.74, 6) is -0.333. The van der Waals surface area contributed by atoms with Crippen molar-refractivity contribution < 1.29 is 17.5 Å². The Morgan fingerprint density at radius 1 is 1.19 bits per heavy atom. The van der Waals surface area contributed by atoms with Crippen molar-refractivity contribution in [2.75, 3.05) is 37.7 Å². The summed E-state index contributed by atoms with van der Waals surface area (Å²) >= 11 is 1.29. The van der Waals surface area contributed by atoms with Crippen molar-refractivity contribution in [2.24, 2.45) is 0 Å². The molecule has 8 heteroatoms. The molecule has 26 heavy (non-hydrogen) atoms. The van der Waals surface area contributed by atoms with E-state index in [1.54, 1.807) is 18.2 Å². The van der Waals surface area contributed by atoms with Gasteiger partial charge in [0.1, 0.15) is 10.0 Å². The van der Waals surface area contributed by atoms with Crippen LogP contribution in [0.3, 0.4) is 0 Å². The molecule has 0 aliphatic carbocycles. The van der Waals surface area contributed by atoms with E-state index in [0.717, 1.165) is 23.7 Å². The first-order valence-corrected chi connectivity index (χ1v) is 10.9. The fourth-order valence-corrected chi connectivity index (χ4v) is 6.18. The minimum Gasteiger partial charge on any atom is -0.378 e. The maximum atomic E-state index is 13.2. The molecule has 0 N–H and O–H groups in total. The second-order valence-corrected chi connectivity index (χ2v) is 9.31. The van der Waals surface area contributed by atoms with E-state index in [-0.39, 0.29) is 11.9 Å². The van der Waals surface area contributed by atoms with Gasteiger partial charge in [-0.2, -0.15) is 4.31 Å². The van der Waals surface area contributed by atoms with Crippen molar-refractivity contribution in [3.63, 3.8) is 0 Å². The molecule has 0 bridgehead atoms. The van der Waals surface area contributed by atoms with Gasteiger partial charge >= 0.3 is 0 Å². The quantitative estimate of drug-likeness (QED) is 0.747. The lowest BCUT2D eigenvalue weighted by Gasteiger charge is -2.28. The number of anilines is 1. The normalized spacial score (nSPS) is 16.8. The van der Waals surface area contributed by atoms with Gasteiger partial charge in [0.05, 0.1) is 18.2 Å². The fourth-order valence-electron chi connectivity index (χ4n) is 3.08. The number of ether oxygens (including phenoxy) is 1. The van der Waals surface area contributed by atoms with Crippen molar-refractivity contribution in [3.05, 3.63) is 47.8 Å². The van der Waals surface area contributed by atoms with E-state index in [0.29, 0.717) is 24.0 Å². The third kappa shape index (κ3) is 3.93. The average Bonchev–Trinajstić information content (AvgIpc) is 3.14. The molecule has 1 saturated heterocycles. The summed E-state index contributed by atoms with van der Waals surface area (Å²) in [7, 11) is -3.63. The van der Waals surface area contributed by atoms with Gasteiger partial charge in [-0.05, 0) is 36.8 Å². The Balaban J connectivity index is 1.85. The van der Waals surface area contributed by atoms with Gasteiger partial charge in [0.15, 0.2) is 0 Å². The largest absolute Gasteiger partial charge is 0.378 e. The summed E-state index contributed by atoms with van der Waals surface area (Å²) in [6.07, 6.45) is 0. The minimum absolute atomic E-state index is 0.329. The van der Waals surface area contributed by atoms with Gasteiger partial charge in [0.2, 0.25) is 0 Å². The molecule has 1 aliphatic rings. The molecular weight excluding hydrogens is 375 g/mol. The van der Waals surface area contributed by atoms with Crippen LogP contribution in [0.25, 0.3) is 0 Å². The van der Waals surface area contributed by atoms with Crippen LogP contribution in [0.5, 0.6) is 0 Å². The van der Waals surface area contributed by atoms with Crippen molar-refractivity contribution in [2.45, 2.75) is 24.1 Å². The average molecular weight is 399 g/mol. The van der Waals surface area contributed by atoms with E-state index in [1.807, 2.05) is 19.9 Å². The molecule has 2 heterocycles. The Hall–Kier alpha value is -1.48. The molecule has 5 nitrogen and oxygen atoms in total. The SMILES string of the molecule is CCN([C@H](C)c1ccc(F)cc1)S(=O)(=O)c1ccc(N2CCOCC2)s1. The van der Waals surface area contributed by atoms with Crippen LogP contribution in [-0.4, -0.2) is 45.6 Å². The molecule has 1 aromatic heterocycles. The molecule has 142 valence electrons. The topological polar surface area (TPSA) is 49.9 Å². The van der Waals surface area contributed by atoms with E-state index >= 15 is 0 Å². The summed E-state index contributed by atoms with van der Waals surface area (Å²) in [5, 5.41) is 0.942. The molecule has 1 aromatic carbocycles. The smallest absolute Gasteiger partial charge is 0.253 e. The number of rotatable bonds is 6. The second-order valence-electron chi connectivity index (χ2n) is 6.13. The van der Waals surface area contributed by atoms with Crippen molar-refractivity contribution >= 4 is 26.4 Å². The van der Waals surface area contributed by atoms with Gasteiger partial charge in [-0.15, -0.1) is 11.3 Å². The molecule has 0 saturated carbocycles. The summed E-state index contributed by atoms with van der Waals surface area (Å²) in [6, 6.07) is 9.13. The lowest BCUT2D eigenvalue weighted by molar-refractivity contribution is 0.123. The van der Waals surface area contributed by atoms with E-state index in [4.69, 9.17) is 4.74 Å². The monoisotopic (exact) mass is 398 g/mol.